The number of hydrogen-bond acceptors (Lipinski definition) is 2. The smallest absolute Gasteiger partial charge is 0.137 e. The Bertz CT molecular complexity index is 734. The second-order valence-corrected chi connectivity index (χ2v) is 4.77. The van der Waals surface area contributed by atoms with E-state index < -0.39 is 0 Å². The quantitative estimate of drug-likeness (QED) is 0.655. The number of fused-ring (bicyclic) bond motifs is 1. The number of hydrogen-bond donors (Lipinski definition) is 0. The minimum atomic E-state index is 0.971. The highest BCUT2D eigenvalue weighted by atomic mass is 15.3. The molecule has 3 rings (SSSR count). The highest BCUT2D eigenvalue weighted by molar-refractivity contribution is 5.67. The maximum absolute atomic E-state index is 4.67. The average Bonchev–Trinajstić information content (AvgIpc) is 2.80. The summed E-state index contributed by atoms with van der Waals surface area (Å²) in [6.07, 6.45) is 4.16. The Morgan fingerprint density at radius 2 is 1.83 bits per heavy atom. The SMILES string of the molecule is Cc1ccc2nc(-c3c(C)nn(C)c3C)cn2c1. The Labute approximate surface area is 106 Å². The largest absolute Gasteiger partial charge is 0.306 e. The fraction of sp³-hybridized carbons (Fsp3) is 0.286. The van der Waals surface area contributed by atoms with Gasteiger partial charge in [-0.3, -0.25) is 4.68 Å². The van der Waals surface area contributed by atoms with Crippen molar-refractivity contribution in [1.82, 2.24) is 19.2 Å². The van der Waals surface area contributed by atoms with Crippen molar-refractivity contribution in [1.29, 1.82) is 0 Å². The first-order chi connectivity index (χ1) is 8.56. The molecule has 0 aliphatic rings. The molecule has 92 valence electrons. The molecule has 0 radical (unpaired) electrons. The normalized spacial score (nSPS) is 11.3. The molecule has 0 N–H and O–H groups in total. The summed E-state index contributed by atoms with van der Waals surface area (Å²) in [6, 6.07) is 4.12. The lowest BCUT2D eigenvalue weighted by molar-refractivity contribution is 0.731. The summed E-state index contributed by atoms with van der Waals surface area (Å²) < 4.78 is 3.97. The molecule has 18 heavy (non-hydrogen) atoms. The third-order valence-electron chi connectivity index (χ3n) is 3.36. The van der Waals surface area contributed by atoms with Crippen molar-refractivity contribution in [2.75, 3.05) is 0 Å². The number of rotatable bonds is 1. The highest BCUT2D eigenvalue weighted by Gasteiger charge is 2.14. The van der Waals surface area contributed by atoms with Crippen molar-refractivity contribution in [2.24, 2.45) is 7.05 Å². The molecule has 0 aliphatic carbocycles. The van der Waals surface area contributed by atoms with E-state index in [1.165, 1.54) is 5.56 Å². The van der Waals surface area contributed by atoms with Gasteiger partial charge in [0, 0.05) is 30.7 Å². The van der Waals surface area contributed by atoms with Crippen LogP contribution in [0, 0.1) is 20.8 Å². The molecule has 0 fully saturated rings. The van der Waals surface area contributed by atoms with Crippen molar-refractivity contribution >= 4 is 5.65 Å². The number of nitrogens with zero attached hydrogens (tertiary/aromatic N) is 4. The molecule has 4 nitrogen and oxygen atoms in total. The summed E-state index contributed by atoms with van der Waals surface area (Å²) >= 11 is 0. The zero-order valence-corrected chi connectivity index (χ0v) is 11.1. The van der Waals surface area contributed by atoms with Crippen LogP contribution in [0.1, 0.15) is 17.0 Å². The molecule has 0 bridgehead atoms. The van der Waals surface area contributed by atoms with Crippen LogP contribution >= 0.6 is 0 Å². The van der Waals surface area contributed by atoms with E-state index in [1.54, 1.807) is 0 Å². The van der Waals surface area contributed by atoms with E-state index in [2.05, 4.69) is 46.8 Å². The maximum Gasteiger partial charge on any atom is 0.137 e. The molecule has 0 spiro atoms. The van der Waals surface area contributed by atoms with Gasteiger partial charge in [-0.05, 0) is 32.4 Å². The van der Waals surface area contributed by atoms with Gasteiger partial charge in [-0.15, -0.1) is 0 Å². The van der Waals surface area contributed by atoms with Gasteiger partial charge >= 0.3 is 0 Å². The predicted octanol–water partition coefficient (Wildman–Crippen LogP) is 2.66. The molecule has 0 saturated carbocycles. The summed E-state index contributed by atoms with van der Waals surface area (Å²) in [7, 11) is 1.96. The first kappa shape index (κ1) is 11.0. The molecule has 3 aromatic rings. The van der Waals surface area contributed by atoms with Crippen LogP contribution in [-0.2, 0) is 7.05 Å². The molecule has 3 heterocycles. The molecule has 0 amide bonds. The van der Waals surface area contributed by atoms with Gasteiger partial charge in [0.15, 0.2) is 0 Å². The summed E-state index contributed by atoms with van der Waals surface area (Å²) in [6.45, 7) is 6.18. The standard InChI is InChI=1S/C14H16N4/c1-9-5-6-13-15-12(8-18(13)7-9)14-10(2)16-17(4)11(14)3/h5-8H,1-4H3. The summed E-state index contributed by atoms with van der Waals surface area (Å²) in [5.41, 5.74) is 6.50. The van der Waals surface area contributed by atoms with Crippen molar-refractivity contribution in [3.8, 4) is 11.3 Å². The Kier molecular flexibility index (Phi) is 2.26. The van der Waals surface area contributed by atoms with Crippen LogP contribution in [0.15, 0.2) is 24.5 Å². The zero-order chi connectivity index (χ0) is 12.9. The molecule has 0 saturated heterocycles. The Morgan fingerprint density at radius 1 is 1.06 bits per heavy atom. The van der Waals surface area contributed by atoms with Gasteiger partial charge in [-0.25, -0.2) is 4.98 Å². The number of imidazole rings is 1. The van der Waals surface area contributed by atoms with Crippen molar-refractivity contribution in [2.45, 2.75) is 20.8 Å². The number of pyridine rings is 1. The van der Waals surface area contributed by atoms with Crippen LogP contribution in [-0.4, -0.2) is 19.2 Å². The van der Waals surface area contributed by atoms with Crippen molar-refractivity contribution in [3.05, 3.63) is 41.5 Å². The summed E-state index contributed by atoms with van der Waals surface area (Å²) in [4.78, 5) is 4.67. The predicted molar refractivity (Wildman–Crippen MR) is 71.6 cm³/mol. The van der Waals surface area contributed by atoms with Gasteiger partial charge in [0.2, 0.25) is 0 Å². The van der Waals surface area contributed by atoms with Crippen molar-refractivity contribution in [3.63, 3.8) is 0 Å². The van der Waals surface area contributed by atoms with Gasteiger partial charge in [-0.1, -0.05) is 6.07 Å². The van der Waals surface area contributed by atoms with E-state index in [9.17, 15) is 0 Å². The lowest BCUT2D eigenvalue weighted by atomic mass is 10.1. The molecular formula is C14H16N4. The number of aryl methyl sites for hydroxylation is 3. The fourth-order valence-electron chi connectivity index (χ4n) is 2.37. The van der Waals surface area contributed by atoms with Crippen LogP contribution < -0.4 is 0 Å². The van der Waals surface area contributed by atoms with Gasteiger partial charge in [0.1, 0.15) is 5.65 Å². The molecule has 0 unspecified atom stereocenters. The van der Waals surface area contributed by atoms with E-state index in [0.717, 1.165) is 28.3 Å². The van der Waals surface area contributed by atoms with Gasteiger partial charge < -0.3 is 4.40 Å². The van der Waals surface area contributed by atoms with E-state index in [1.807, 2.05) is 24.7 Å². The van der Waals surface area contributed by atoms with Crippen LogP contribution in [0.3, 0.4) is 0 Å². The Hall–Kier alpha value is -2.10. The fourth-order valence-corrected chi connectivity index (χ4v) is 2.37. The minimum absolute atomic E-state index is 0.971. The Balaban J connectivity index is 2.25. The lowest BCUT2D eigenvalue weighted by Crippen LogP contribution is -1.92. The third-order valence-corrected chi connectivity index (χ3v) is 3.36. The minimum Gasteiger partial charge on any atom is -0.306 e. The molecular weight excluding hydrogens is 224 g/mol. The van der Waals surface area contributed by atoms with Crippen LogP contribution in [0.25, 0.3) is 16.9 Å². The molecule has 3 aromatic heterocycles. The zero-order valence-electron chi connectivity index (χ0n) is 11.1. The topological polar surface area (TPSA) is 35.1 Å². The molecule has 0 aromatic carbocycles. The molecule has 0 atom stereocenters. The van der Waals surface area contributed by atoms with E-state index >= 15 is 0 Å². The molecule has 4 heteroatoms. The number of aromatic nitrogens is 4. The first-order valence-corrected chi connectivity index (χ1v) is 6.02. The monoisotopic (exact) mass is 240 g/mol. The van der Waals surface area contributed by atoms with Crippen molar-refractivity contribution < 1.29 is 0 Å². The lowest BCUT2D eigenvalue weighted by Gasteiger charge is -1.96. The summed E-state index contributed by atoms with van der Waals surface area (Å²) in [5.74, 6) is 0. The second-order valence-electron chi connectivity index (χ2n) is 4.77. The van der Waals surface area contributed by atoms with E-state index in [4.69, 9.17) is 0 Å². The van der Waals surface area contributed by atoms with Crippen LogP contribution in [0.4, 0.5) is 0 Å². The second kappa shape index (κ2) is 3.70. The maximum atomic E-state index is 4.67. The summed E-state index contributed by atoms with van der Waals surface area (Å²) in [5, 5.41) is 4.44. The van der Waals surface area contributed by atoms with Gasteiger partial charge in [0.25, 0.3) is 0 Å². The third kappa shape index (κ3) is 1.53. The van der Waals surface area contributed by atoms with Crippen LogP contribution in [0.5, 0.6) is 0 Å². The van der Waals surface area contributed by atoms with E-state index in [-0.39, 0.29) is 0 Å². The van der Waals surface area contributed by atoms with Crippen LogP contribution in [0.2, 0.25) is 0 Å². The van der Waals surface area contributed by atoms with E-state index in [0.29, 0.717) is 0 Å². The highest BCUT2D eigenvalue weighted by Crippen LogP contribution is 2.26. The Morgan fingerprint density at radius 3 is 2.50 bits per heavy atom. The average molecular weight is 240 g/mol. The first-order valence-electron chi connectivity index (χ1n) is 6.02. The van der Waals surface area contributed by atoms with Gasteiger partial charge in [0.05, 0.1) is 11.4 Å². The van der Waals surface area contributed by atoms with Gasteiger partial charge in [-0.2, -0.15) is 5.10 Å². The molecule has 0 aliphatic heterocycles.